The molecule has 0 N–H and O–H groups in total. The van der Waals surface area contributed by atoms with Crippen LogP contribution in [0.1, 0.15) is 29.1 Å². The molecule has 0 saturated heterocycles. The Morgan fingerprint density at radius 2 is 1.74 bits per heavy atom. The molecule has 1 unspecified atom stereocenters. The molecular weight excluding hydrogens is 472 g/mol. The van der Waals surface area contributed by atoms with Crippen molar-refractivity contribution < 1.29 is 28.5 Å². The molecular formula is C24H29N4O6S+. The van der Waals surface area contributed by atoms with Crippen LogP contribution in [0.4, 0.5) is 5.82 Å². The van der Waals surface area contributed by atoms with Crippen molar-refractivity contribution in [2.75, 3.05) is 38.9 Å². The molecule has 0 fully saturated rings. The Hall–Kier alpha value is -3.73. The lowest BCUT2D eigenvalue weighted by molar-refractivity contribution is -0.141. The van der Waals surface area contributed by atoms with Crippen molar-refractivity contribution in [1.29, 1.82) is 0 Å². The van der Waals surface area contributed by atoms with Crippen molar-refractivity contribution in [2.45, 2.75) is 20.4 Å². The summed E-state index contributed by atoms with van der Waals surface area (Å²) in [7, 11) is 2.39. The molecule has 0 amide bonds. The van der Waals surface area contributed by atoms with E-state index in [-0.39, 0.29) is 26.3 Å². The molecule has 3 aromatic rings. The quantitative estimate of drug-likeness (QED) is 0.285. The average Bonchev–Trinajstić information content (AvgIpc) is 3.21. The molecule has 2 aromatic heterocycles. The molecule has 1 aromatic carbocycles. The first-order valence-corrected chi connectivity index (χ1v) is 12.6. The van der Waals surface area contributed by atoms with Gasteiger partial charge in [0.1, 0.15) is 30.6 Å². The third-order valence-corrected chi connectivity index (χ3v) is 6.92. The summed E-state index contributed by atoms with van der Waals surface area (Å²) in [6.45, 7) is 4.02. The second-order valence-electron chi connectivity index (χ2n) is 7.27. The number of anilines is 1. The van der Waals surface area contributed by atoms with Crippen molar-refractivity contribution in [2.24, 2.45) is 6.26 Å². The first-order chi connectivity index (χ1) is 16.9. The van der Waals surface area contributed by atoms with Crippen LogP contribution in [0.3, 0.4) is 0 Å². The Morgan fingerprint density at radius 3 is 2.37 bits per heavy atom. The number of carbonyl (C=O) groups is 2. The van der Waals surface area contributed by atoms with E-state index in [1.807, 2.05) is 12.3 Å². The predicted octanol–water partition coefficient (Wildman–Crippen LogP) is 3.59. The maximum Gasteiger partial charge on any atom is 0.395 e. The molecule has 2 heterocycles. The van der Waals surface area contributed by atoms with E-state index in [2.05, 4.69) is 9.97 Å². The zero-order valence-corrected chi connectivity index (χ0v) is 21.3. The van der Waals surface area contributed by atoms with Gasteiger partial charge in [-0.3, -0.25) is 4.79 Å². The van der Waals surface area contributed by atoms with Crippen molar-refractivity contribution in [3.63, 3.8) is 0 Å². The van der Waals surface area contributed by atoms with Gasteiger partial charge < -0.3 is 23.8 Å². The number of aromatic nitrogens is 3. The van der Waals surface area contributed by atoms with Gasteiger partial charge in [0.2, 0.25) is 5.82 Å². The fourth-order valence-electron chi connectivity index (χ4n) is 3.48. The Morgan fingerprint density at radius 1 is 1.03 bits per heavy atom. The van der Waals surface area contributed by atoms with E-state index < -0.39 is 22.4 Å². The van der Waals surface area contributed by atoms with Gasteiger partial charge in [-0.1, -0.05) is 0 Å². The van der Waals surface area contributed by atoms with Gasteiger partial charge in [0.25, 0.3) is 5.01 Å². The molecule has 0 aliphatic carbocycles. The molecule has 35 heavy (non-hydrogen) atoms. The van der Waals surface area contributed by atoms with Gasteiger partial charge in [0, 0.05) is 41.0 Å². The molecule has 0 saturated carbocycles. The van der Waals surface area contributed by atoms with Crippen LogP contribution in [0.2, 0.25) is 0 Å². The summed E-state index contributed by atoms with van der Waals surface area (Å²) in [5.74, 6) is 0.622. The summed E-state index contributed by atoms with van der Waals surface area (Å²) in [5, 5.41) is 0.638. The second-order valence-corrected chi connectivity index (χ2v) is 9.08. The van der Waals surface area contributed by atoms with Crippen LogP contribution in [0, 0.1) is 0 Å². The van der Waals surface area contributed by atoms with Gasteiger partial charge in [0.15, 0.2) is 0 Å². The largest absolute Gasteiger partial charge is 0.497 e. The number of hydrogen-bond donors (Lipinski definition) is 0. The Bertz CT molecular complexity index is 1170. The molecule has 186 valence electrons. The van der Waals surface area contributed by atoms with Crippen LogP contribution >= 0.6 is 10.5 Å². The molecule has 0 radical (unpaired) electrons. The van der Waals surface area contributed by atoms with Gasteiger partial charge in [-0.05, 0) is 26.0 Å². The van der Waals surface area contributed by atoms with Crippen molar-refractivity contribution in [3.8, 4) is 22.1 Å². The number of hydrogen-bond acceptors (Lipinski definition) is 10. The lowest BCUT2D eigenvalue weighted by atomic mass is 10.1. The van der Waals surface area contributed by atoms with E-state index >= 15 is 0 Å². The highest BCUT2D eigenvalue weighted by atomic mass is 32.2. The monoisotopic (exact) mass is 501 g/mol. The smallest absolute Gasteiger partial charge is 0.395 e. The highest BCUT2D eigenvalue weighted by molar-refractivity contribution is 7.34. The van der Waals surface area contributed by atoms with Crippen LogP contribution in [0.25, 0.3) is 10.6 Å². The summed E-state index contributed by atoms with van der Waals surface area (Å²) < 4.78 is 21.4. The van der Waals surface area contributed by atoms with Gasteiger partial charge in [-0.25, -0.2) is 14.8 Å². The number of esters is 2. The normalized spacial score (nSPS) is 11.1. The van der Waals surface area contributed by atoms with Crippen LogP contribution in [0.5, 0.6) is 11.5 Å². The van der Waals surface area contributed by atoms with E-state index in [0.717, 1.165) is 5.56 Å². The van der Waals surface area contributed by atoms with E-state index in [4.69, 9.17) is 23.9 Å². The summed E-state index contributed by atoms with van der Waals surface area (Å²) in [6.07, 6.45) is 6.60. The zero-order valence-electron chi connectivity index (χ0n) is 20.4. The van der Waals surface area contributed by atoms with Crippen LogP contribution < -0.4 is 14.4 Å². The average molecular weight is 502 g/mol. The van der Waals surface area contributed by atoms with Crippen LogP contribution in [-0.2, 0) is 27.1 Å². The fourth-order valence-corrected chi connectivity index (χ4v) is 5.12. The Balaban J connectivity index is 2.14. The molecule has 0 aliphatic heterocycles. The predicted molar refractivity (Wildman–Crippen MR) is 132 cm³/mol. The third kappa shape index (κ3) is 6.04. The molecule has 0 spiro atoms. The van der Waals surface area contributed by atoms with E-state index in [0.29, 0.717) is 32.8 Å². The fraction of sp³-hybridized carbons (Fsp3) is 0.375. The lowest BCUT2D eigenvalue weighted by Crippen LogP contribution is -2.32. The number of methoxy groups -OCH3 is 2. The summed E-state index contributed by atoms with van der Waals surface area (Å²) in [6, 6.07) is 5.40. The first kappa shape index (κ1) is 25.9. The van der Waals surface area contributed by atoms with Crippen molar-refractivity contribution in [3.05, 3.63) is 47.4 Å². The minimum absolute atomic E-state index is 0.124. The lowest BCUT2D eigenvalue weighted by Gasteiger charge is -2.22. The van der Waals surface area contributed by atoms with E-state index in [1.54, 1.807) is 57.5 Å². The minimum atomic E-state index is -0.740. The maximum absolute atomic E-state index is 13.1. The molecule has 0 aliphatic rings. The zero-order chi connectivity index (χ0) is 25.4. The summed E-state index contributed by atoms with van der Waals surface area (Å²) in [5.41, 5.74) is 1.46. The van der Waals surface area contributed by atoms with Gasteiger partial charge in [-0.2, -0.15) is 4.98 Å². The Labute approximate surface area is 206 Å². The Kier molecular flexibility index (Phi) is 8.96. The SMILES string of the molecule is CCOC(=O)CN(Cc1ccc(OC)cc1OC)c1nc(-c2cncnc2)[s+](C)c1C(=O)OCC. The van der Waals surface area contributed by atoms with Crippen molar-refractivity contribution in [1.82, 2.24) is 15.0 Å². The molecule has 11 heteroatoms. The molecule has 3 rings (SSSR count). The van der Waals surface area contributed by atoms with Gasteiger partial charge in [-0.15, -0.1) is 0 Å². The highest BCUT2D eigenvalue weighted by Gasteiger charge is 2.37. The minimum Gasteiger partial charge on any atom is -0.497 e. The van der Waals surface area contributed by atoms with Crippen molar-refractivity contribution >= 4 is 28.2 Å². The highest BCUT2D eigenvalue weighted by Crippen LogP contribution is 2.41. The van der Waals surface area contributed by atoms with Gasteiger partial charge in [0.05, 0.1) is 33.0 Å². The van der Waals surface area contributed by atoms with Gasteiger partial charge >= 0.3 is 16.8 Å². The number of nitrogens with zero attached hydrogens (tertiary/aromatic N) is 4. The number of ether oxygens (including phenoxy) is 4. The van der Waals surface area contributed by atoms with Crippen LogP contribution in [-0.4, -0.2) is 60.9 Å². The van der Waals surface area contributed by atoms with Crippen LogP contribution in [0.15, 0.2) is 36.9 Å². The van der Waals surface area contributed by atoms with E-state index in [1.165, 1.54) is 6.33 Å². The number of rotatable bonds is 11. The standard InChI is InChI=1S/C24H29N4O6S/c1-6-33-20(29)14-28(13-16-8-9-18(31-3)10-19(16)32-4)22-21(24(30)34-7-2)35(5)23(27-22)17-11-25-15-26-12-17/h8-12,15H,6-7,13-14H2,1-5H3/q+1. The summed E-state index contributed by atoms with van der Waals surface area (Å²) in [4.78, 5) is 40.7. The number of thiazole rings is 1. The maximum atomic E-state index is 13.1. The number of benzene rings is 1. The molecule has 10 nitrogen and oxygen atoms in total. The topological polar surface area (TPSA) is 113 Å². The van der Waals surface area contributed by atoms with E-state index in [9.17, 15) is 9.59 Å². The number of carbonyl (C=O) groups excluding carboxylic acids is 2. The third-order valence-electron chi connectivity index (χ3n) is 5.06. The summed E-state index contributed by atoms with van der Waals surface area (Å²) >= 11 is 0. The molecule has 1 atom stereocenters. The first-order valence-electron chi connectivity index (χ1n) is 11.0. The second kappa shape index (κ2) is 12.1. The molecule has 0 bridgehead atoms.